The van der Waals surface area contributed by atoms with Gasteiger partial charge in [0, 0.05) is 11.6 Å². The highest BCUT2D eigenvalue weighted by atomic mass is 79.9. The number of ether oxygens (including phenoxy) is 2. The first-order chi connectivity index (χ1) is 8.99. The Hall–Kier alpha value is -1.29. The summed E-state index contributed by atoms with van der Waals surface area (Å²) in [6.45, 7) is 4.23. The van der Waals surface area contributed by atoms with E-state index < -0.39 is 0 Å². The molecule has 102 valence electrons. The third-order valence-electron chi connectivity index (χ3n) is 3.23. The van der Waals surface area contributed by atoms with E-state index in [4.69, 9.17) is 9.47 Å². The second kappa shape index (κ2) is 5.37. The van der Waals surface area contributed by atoms with Crippen molar-refractivity contribution in [3.8, 4) is 5.75 Å². The fraction of sp³-hybridized carbons (Fsp3) is 0.400. The summed E-state index contributed by atoms with van der Waals surface area (Å²) >= 11 is 3.70. The Balaban J connectivity index is 2.52. The molecule has 1 aliphatic carbocycles. The Bertz CT molecular complexity index is 532. The SMILES string of the molecule is CCOC(=O)/C=C1\c2c(cccc2OC)CC1(C)Br. The summed E-state index contributed by atoms with van der Waals surface area (Å²) < 4.78 is 10.1. The van der Waals surface area contributed by atoms with Gasteiger partial charge in [-0.1, -0.05) is 28.1 Å². The minimum atomic E-state index is -0.318. The van der Waals surface area contributed by atoms with Crippen LogP contribution in [0.5, 0.6) is 5.75 Å². The molecule has 4 heteroatoms. The van der Waals surface area contributed by atoms with E-state index in [0.717, 1.165) is 23.3 Å². The molecule has 0 radical (unpaired) electrons. The lowest BCUT2D eigenvalue weighted by atomic mass is 10.0. The van der Waals surface area contributed by atoms with Gasteiger partial charge in [0.05, 0.1) is 18.0 Å². The summed E-state index contributed by atoms with van der Waals surface area (Å²) in [4.78, 5) is 11.7. The number of carbonyl (C=O) groups excluding carboxylic acids is 1. The first-order valence-electron chi connectivity index (χ1n) is 6.23. The van der Waals surface area contributed by atoms with E-state index in [2.05, 4.69) is 28.9 Å². The number of methoxy groups -OCH3 is 1. The normalized spacial score (nSPS) is 23.3. The zero-order valence-corrected chi connectivity index (χ0v) is 12.9. The molecule has 0 amide bonds. The zero-order valence-electron chi connectivity index (χ0n) is 11.3. The Kier molecular flexibility index (Phi) is 3.99. The number of halogens is 1. The van der Waals surface area contributed by atoms with Crippen molar-refractivity contribution < 1.29 is 14.3 Å². The van der Waals surface area contributed by atoms with Crippen LogP contribution in [0.2, 0.25) is 0 Å². The molecule has 0 spiro atoms. The monoisotopic (exact) mass is 324 g/mol. The van der Waals surface area contributed by atoms with Gasteiger partial charge in [0.25, 0.3) is 0 Å². The zero-order chi connectivity index (χ0) is 14.0. The Morgan fingerprint density at radius 3 is 2.89 bits per heavy atom. The average molecular weight is 325 g/mol. The van der Waals surface area contributed by atoms with Crippen LogP contribution in [0.25, 0.3) is 5.57 Å². The van der Waals surface area contributed by atoms with E-state index >= 15 is 0 Å². The van der Waals surface area contributed by atoms with Crippen LogP contribution in [-0.4, -0.2) is 24.0 Å². The minimum Gasteiger partial charge on any atom is -0.496 e. The van der Waals surface area contributed by atoms with Crippen molar-refractivity contribution in [2.75, 3.05) is 13.7 Å². The largest absolute Gasteiger partial charge is 0.496 e. The Morgan fingerprint density at radius 1 is 1.53 bits per heavy atom. The van der Waals surface area contributed by atoms with Crippen LogP contribution in [0, 0.1) is 0 Å². The molecule has 0 heterocycles. The molecule has 0 aliphatic heterocycles. The van der Waals surface area contributed by atoms with Gasteiger partial charge in [-0.15, -0.1) is 0 Å². The van der Waals surface area contributed by atoms with Crippen molar-refractivity contribution in [1.29, 1.82) is 0 Å². The maximum absolute atomic E-state index is 11.7. The van der Waals surface area contributed by atoms with Crippen molar-refractivity contribution >= 4 is 27.5 Å². The van der Waals surface area contributed by atoms with Gasteiger partial charge < -0.3 is 9.47 Å². The van der Waals surface area contributed by atoms with Crippen LogP contribution in [0.1, 0.15) is 25.0 Å². The molecule has 1 aliphatic rings. The van der Waals surface area contributed by atoms with Gasteiger partial charge in [-0.3, -0.25) is 0 Å². The van der Waals surface area contributed by atoms with E-state index in [0.29, 0.717) is 6.61 Å². The second-order valence-electron chi connectivity index (χ2n) is 4.68. The van der Waals surface area contributed by atoms with Crippen molar-refractivity contribution in [2.24, 2.45) is 0 Å². The van der Waals surface area contributed by atoms with Crippen LogP contribution < -0.4 is 4.74 Å². The van der Waals surface area contributed by atoms with Gasteiger partial charge in [-0.05, 0) is 37.5 Å². The summed E-state index contributed by atoms with van der Waals surface area (Å²) in [5, 5.41) is 0. The van der Waals surface area contributed by atoms with Gasteiger partial charge in [-0.2, -0.15) is 0 Å². The number of hydrogen-bond acceptors (Lipinski definition) is 3. The number of benzene rings is 1. The molecule has 0 saturated heterocycles. The molecular formula is C15H17BrO3. The highest BCUT2D eigenvalue weighted by Gasteiger charge is 2.38. The van der Waals surface area contributed by atoms with E-state index in [1.807, 2.05) is 12.1 Å². The summed E-state index contributed by atoms with van der Waals surface area (Å²) in [5.74, 6) is 0.471. The van der Waals surface area contributed by atoms with E-state index in [1.165, 1.54) is 5.56 Å². The molecule has 1 atom stereocenters. The second-order valence-corrected chi connectivity index (χ2v) is 6.43. The molecule has 19 heavy (non-hydrogen) atoms. The molecule has 0 fully saturated rings. The number of alkyl halides is 1. The van der Waals surface area contributed by atoms with E-state index in [9.17, 15) is 4.79 Å². The lowest BCUT2D eigenvalue weighted by Crippen LogP contribution is -2.15. The molecule has 1 aromatic carbocycles. The predicted molar refractivity (Wildman–Crippen MR) is 78.6 cm³/mol. The molecule has 1 aromatic rings. The molecule has 0 aromatic heterocycles. The molecular weight excluding hydrogens is 308 g/mol. The average Bonchev–Trinajstić information content (AvgIpc) is 2.60. The van der Waals surface area contributed by atoms with E-state index in [1.54, 1.807) is 20.1 Å². The van der Waals surface area contributed by atoms with Gasteiger partial charge in [0.15, 0.2) is 0 Å². The molecule has 0 N–H and O–H groups in total. The van der Waals surface area contributed by atoms with Gasteiger partial charge in [0.1, 0.15) is 5.75 Å². The van der Waals surface area contributed by atoms with Gasteiger partial charge in [-0.25, -0.2) is 4.79 Å². The van der Waals surface area contributed by atoms with Crippen molar-refractivity contribution in [2.45, 2.75) is 24.6 Å². The van der Waals surface area contributed by atoms with Crippen molar-refractivity contribution in [1.82, 2.24) is 0 Å². The molecule has 3 nitrogen and oxygen atoms in total. The topological polar surface area (TPSA) is 35.5 Å². The third-order valence-corrected chi connectivity index (χ3v) is 3.94. The van der Waals surface area contributed by atoms with Crippen LogP contribution in [0.15, 0.2) is 24.3 Å². The highest BCUT2D eigenvalue weighted by Crippen LogP contribution is 2.49. The molecule has 0 saturated carbocycles. The van der Waals surface area contributed by atoms with Crippen LogP contribution >= 0.6 is 15.9 Å². The fourth-order valence-electron chi connectivity index (χ4n) is 2.44. The smallest absolute Gasteiger partial charge is 0.331 e. The molecule has 2 rings (SSSR count). The summed E-state index contributed by atoms with van der Waals surface area (Å²) in [5.41, 5.74) is 3.09. The van der Waals surface area contributed by atoms with Crippen LogP contribution in [-0.2, 0) is 16.0 Å². The number of allylic oxidation sites excluding steroid dienone is 1. The summed E-state index contributed by atoms with van der Waals surface area (Å²) in [6, 6.07) is 5.93. The minimum absolute atomic E-state index is 0.267. The lowest BCUT2D eigenvalue weighted by Gasteiger charge is -2.18. The maximum atomic E-state index is 11.7. The summed E-state index contributed by atoms with van der Waals surface area (Å²) in [6.07, 6.45) is 2.39. The predicted octanol–water partition coefficient (Wildman–Crippen LogP) is 3.35. The van der Waals surface area contributed by atoms with Crippen molar-refractivity contribution in [3.63, 3.8) is 0 Å². The van der Waals surface area contributed by atoms with Gasteiger partial charge in [0.2, 0.25) is 0 Å². The number of fused-ring (bicyclic) bond motifs is 1. The van der Waals surface area contributed by atoms with Crippen molar-refractivity contribution in [3.05, 3.63) is 35.4 Å². The Morgan fingerprint density at radius 2 is 2.26 bits per heavy atom. The molecule has 0 bridgehead atoms. The Labute approximate surface area is 121 Å². The van der Waals surface area contributed by atoms with Crippen LogP contribution in [0.3, 0.4) is 0 Å². The van der Waals surface area contributed by atoms with Gasteiger partial charge >= 0.3 is 5.97 Å². The number of hydrogen-bond donors (Lipinski definition) is 0. The van der Waals surface area contributed by atoms with Crippen LogP contribution in [0.4, 0.5) is 0 Å². The maximum Gasteiger partial charge on any atom is 0.331 e. The number of rotatable bonds is 3. The lowest BCUT2D eigenvalue weighted by molar-refractivity contribution is -0.137. The summed E-state index contributed by atoms with van der Waals surface area (Å²) in [7, 11) is 1.64. The van der Waals surface area contributed by atoms with E-state index in [-0.39, 0.29) is 10.3 Å². The standard InChI is InChI=1S/C15H17BrO3/c1-4-19-13(17)8-11-14-10(9-15(11,2)16)6-5-7-12(14)18-3/h5-8H,4,9H2,1-3H3/b11-8+. The fourth-order valence-corrected chi connectivity index (χ4v) is 3.05. The first-order valence-corrected chi connectivity index (χ1v) is 7.03. The third kappa shape index (κ3) is 2.68. The first kappa shape index (κ1) is 14.1. The number of carbonyl (C=O) groups is 1. The highest BCUT2D eigenvalue weighted by molar-refractivity contribution is 9.10. The molecule has 1 unspecified atom stereocenters. The number of esters is 1. The quantitative estimate of drug-likeness (QED) is 0.486.